The highest BCUT2D eigenvalue weighted by atomic mass is 16.5. The summed E-state index contributed by atoms with van der Waals surface area (Å²) in [5.74, 6) is 3.63. The SMILES string of the molecule is COc1ccc(C2C3=C(CC(C)(C)CC3=O)Nc3nc(-c4ccc(OC)c(OC)c4)nn32)c(OC)c1. The highest BCUT2D eigenvalue weighted by Gasteiger charge is 2.42. The van der Waals surface area contributed by atoms with Gasteiger partial charge in [-0.15, -0.1) is 5.10 Å². The van der Waals surface area contributed by atoms with Crippen molar-refractivity contribution in [3.63, 3.8) is 0 Å². The third-order valence-electron chi connectivity index (χ3n) is 6.71. The number of hydrogen-bond donors (Lipinski definition) is 1. The van der Waals surface area contributed by atoms with Crippen LogP contribution in [0.25, 0.3) is 11.4 Å². The maximum atomic E-state index is 13.5. The van der Waals surface area contributed by atoms with Gasteiger partial charge in [0.2, 0.25) is 5.95 Å². The fraction of sp³-hybridized carbons (Fsp3) is 0.370. The number of ether oxygens (including phenoxy) is 4. The Bertz CT molecular complexity index is 1370. The van der Waals surface area contributed by atoms with Crippen molar-refractivity contribution in [3.05, 3.63) is 53.2 Å². The molecule has 0 fully saturated rings. The van der Waals surface area contributed by atoms with Gasteiger partial charge in [0.15, 0.2) is 23.1 Å². The molecule has 1 unspecified atom stereocenters. The Morgan fingerprint density at radius 3 is 2.36 bits per heavy atom. The van der Waals surface area contributed by atoms with Gasteiger partial charge in [-0.25, -0.2) is 4.68 Å². The van der Waals surface area contributed by atoms with E-state index in [-0.39, 0.29) is 11.2 Å². The van der Waals surface area contributed by atoms with E-state index in [1.54, 1.807) is 33.1 Å². The number of ketones is 1. The van der Waals surface area contributed by atoms with E-state index in [2.05, 4.69) is 19.2 Å². The first kappa shape index (κ1) is 23.7. The summed E-state index contributed by atoms with van der Waals surface area (Å²) >= 11 is 0. The molecule has 9 nitrogen and oxygen atoms in total. The van der Waals surface area contributed by atoms with E-state index in [1.165, 1.54) is 0 Å². The van der Waals surface area contributed by atoms with E-state index in [0.29, 0.717) is 46.8 Å². The van der Waals surface area contributed by atoms with E-state index < -0.39 is 6.04 Å². The fourth-order valence-electron chi connectivity index (χ4n) is 5.04. The highest BCUT2D eigenvalue weighted by Crippen LogP contribution is 2.47. The van der Waals surface area contributed by atoms with Crippen molar-refractivity contribution < 1.29 is 23.7 Å². The van der Waals surface area contributed by atoms with E-state index >= 15 is 0 Å². The van der Waals surface area contributed by atoms with Crippen molar-refractivity contribution >= 4 is 11.7 Å². The Morgan fingerprint density at radius 1 is 0.917 bits per heavy atom. The lowest BCUT2D eigenvalue weighted by Gasteiger charge is -2.38. The number of benzene rings is 2. The first-order valence-corrected chi connectivity index (χ1v) is 11.7. The van der Waals surface area contributed by atoms with Crippen LogP contribution in [0.5, 0.6) is 23.0 Å². The summed E-state index contributed by atoms with van der Waals surface area (Å²) in [5, 5.41) is 8.28. The maximum absolute atomic E-state index is 13.5. The number of aromatic nitrogens is 3. The van der Waals surface area contributed by atoms with Crippen molar-refractivity contribution in [2.75, 3.05) is 33.8 Å². The standard InChI is InChI=1S/C27H30N4O5/c1-27(2)13-18-23(19(32)14-27)24(17-9-8-16(33-3)12-21(17)35-5)31-26(28-18)29-25(30-31)15-7-10-20(34-4)22(11-15)36-6/h7-12,24H,13-14H2,1-6H3,(H,28,29,30). The van der Waals surface area contributed by atoms with E-state index in [4.69, 9.17) is 29.0 Å². The molecule has 2 heterocycles. The van der Waals surface area contributed by atoms with E-state index in [1.807, 2.05) is 36.4 Å². The molecular weight excluding hydrogens is 460 g/mol. The van der Waals surface area contributed by atoms with Crippen molar-refractivity contribution in [3.8, 4) is 34.4 Å². The minimum absolute atomic E-state index is 0.0884. The minimum Gasteiger partial charge on any atom is -0.497 e. The third-order valence-corrected chi connectivity index (χ3v) is 6.71. The number of nitrogens with zero attached hydrogens (tertiary/aromatic N) is 3. The van der Waals surface area contributed by atoms with Crippen LogP contribution in [-0.2, 0) is 4.79 Å². The lowest BCUT2D eigenvalue weighted by Crippen LogP contribution is -2.36. The van der Waals surface area contributed by atoms with Crippen LogP contribution in [0.4, 0.5) is 5.95 Å². The second-order valence-electron chi connectivity index (χ2n) is 9.74. The van der Waals surface area contributed by atoms with Crippen LogP contribution in [0, 0.1) is 5.41 Å². The summed E-state index contributed by atoms with van der Waals surface area (Å²) in [7, 11) is 6.40. The summed E-state index contributed by atoms with van der Waals surface area (Å²) < 4.78 is 23.7. The maximum Gasteiger partial charge on any atom is 0.226 e. The normalized spacial score (nSPS) is 18.2. The molecule has 3 aromatic rings. The van der Waals surface area contributed by atoms with Crippen LogP contribution in [0.3, 0.4) is 0 Å². The molecule has 0 saturated carbocycles. The van der Waals surface area contributed by atoms with Crippen LogP contribution < -0.4 is 24.3 Å². The Hall–Kier alpha value is -4.01. The number of anilines is 1. The number of allylic oxidation sites excluding steroid dienone is 2. The topological polar surface area (TPSA) is 96.7 Å². The van der Waals surface area contributed by atoms with Gasteiger partial charge in [-0.3, -0.25) is 4.79 Å². The Labute approximate surface area is 210 Å². The van der Waals surface area contributed by atoms with Crippen LogP contribution in [0.1, 0.15) is 38.3 Å². The molecule has 0 saturated heterocycles. The number of hydrogen-bond acceptors (Lipinski definition) is 8. The molecule has 0 spiro atoms. The Morgan fingerprint density at radius 2 is 1.67 bits per heavy atom. The first-order valence-electron chi connectivity index (χ1n) is 11.7. The van der Waals surface area contributed by atoms with Gasteiger partial charge in [0.05, 0.1) is 28.4 Å². The lowest BCUT2D eigenvalue weighted by atomic mass is 9.73. The molecule has 36 heavy (non-hydrogen) atoms. The van der Waals surface area contributed by atoms with Crippen molar-refractivity contribution in [2.45, 2.75) is 32.7 Å². The quantitative estimate of drug-likeness (QED) is 0.534. The lowest BCUT2D eigenvalue weighted by molar-refractivity contribution is -0.118. The second-order valence-corrected chi connectivity index (χ2v) is 9.74. The van der Waals surface area contributed by atoms with Gasteiger partial charge in [0.1, 0.15) is 17.5 Å². The van der Waals surface area contributed by atoms with Crippen LogP contribution >= 0.6 is 0 Å². The largest absolute Gasteiger partial charge is 0.497 e. The zero-order chi connectivity index (χ0) is 25.6. The smallest absolute Gasteiger partial charge is 0.226 e. The first-order chi connectivity index (χ1) is 17.3. The summed E-state index contributed by atoms with van der Waals surface area (Å²) in [6.45, 7) is 4.21. The molecule has 0 amide bonds. The number of methoxy groups -OCH3 is 4. The second kappa shape index (κ2) is 8.89. The van der Waals surface area contributed by atoms with Crippen LogP contribution in [-0.4, -0.2) is 49.0 Å². The predicted molar refractivity (Wildman–Crippen MR) is 135 cm³/mol. The van der Waals surface area contributed by atoms with Crippen molar-refractivity contribution in [1.29, 1.82) is 0 Å². The van der Waals surface area contributed by atoms with Gasteiger partial charge >= 0.3 is 0 Å². The van der Waals surface area contributed by atoms with Crippen LogP contribution in [0.2, 0.25) is 0 Å². The molecular formula is C27H30N4O5. The van der Waals surface area contributed by atoms with Gasteiger partial charge in [-0.2, -0.15) is 4.98 Å². The zero-order valence-electron chi connectivity index (χ0n) is 21.3. The summed E-state index contributed by atoms with van der Waals surface area (Å²) in [5.41, 5.74) is 2.98. The van der Waals surface area contributed by atoms with E-state index in [0.717, 1.165) is 23.2 Å². The number of rotatable bonds is 6. The number of fused-ring (bicyclic) bond motifs is 1. The average Bonchev–Trinajstić information content (AvgIpc) is 3.29. The molecule has 1 aliphatic heterocycles. The summed E-state index contributed by atoms with van der Waals surface area (Å²) in [6, 6.07) is 10.7. The van der Waals surface area contributed by atoms with E-state index in [9.17, 15) is 4.79 Å². The zero-order valence-corrected chi connectivity index (χ0v) is 21.3. The van der Waals surface area contributed by atoms with Crippen molar-refractivity contribution in [1.82, 2.24) is 14.8 Å². The minimum atomic E-state index is -0.498. The Balaban J connectivity index is 1.69. The number of nitrogens with one attached hydrogen (secondary N) is 1. The fourth-order valence-corrected chi connectivity index (χ4v) is 5.04. The molecule has 2 aliphatic rings. The van der Waals surface area contributed by atoms with Gasteiger partial charge in [0.25, 0.3) is 0 Å². The predicted octanol–water partition coefficient (Wildman–Crippen LogP) is 4.64. The third kappa shape index (κ3) is 3.94. The highest BCUT2D eigenvalue weighted by molar-refractivity contribution is 6.00. The number of Topliss-reactive ketones (excluding diaryl/α,β-unsaturated/α-hetero) is 1. The number of carbonyl (C=O) groups excluding carboxylic acids is 1. The molecule has 1 aromatic heterocycles. The monoisotopic (exact) mass is 490 g/mol. The molecule has 0 radical (unpaired) electrons. The Kier molecular flexibility index (Phi) is 5.86. The molecule has 0 bridgehead atoms. The molecule has 188 valence electrons. The van der Waals surface area contributed by atoms with Gasteiger partial charge < -0.3 is 24.3 Å². The molecule has 2 aromatic carbocycles. The average molecular weight is 491 g/mol. The summed E-state index contributed by atoms with van der Waals surface area (Å²) in [4.78, 5) is 18.4. The summed E-state index contributed by atoms with van der Waals surface area (Å²) in [6.07, 6.45) is 1.18. The molecule has 9 heteroatoms. The molecule has 5 rings (SSSR count). The van der Waals surface area contributed by atoms with Crippen molar-refractivity contribution in [2.24, 2.45) is 5.41 Å². The van der Waals surface area contributed by atoms with Gasteiger partial charge in [-0.05, 0) is 42.2 Å². The molecule has 1 aliphatic carbocycles. The molecule has 1 atom stereocenters. The number of carbonyl (C=O) groups is 1. The van der Waals surface area contributed by atoms with Crippen LogP contribution in [0.15, 0.2) is 47.7 Å². The van der Waals surface area contributed by atoms with Gasteiger partial charge in [-0.1, -0.05) is 13.8 Å². The van der Waals surface area contributed by atoms with Gasteiger partial charge in [0, 0.05) is 34.9 Å². The molecule has 1 N–H and O–H groups in total.